The molecule has 2 aromatic rings. The molecule has 2 aliphatic heterocycles. The van der Waals surface area contributed by atoms with Crippen LogP contribution in [0.5, 0.6) is 0 Å². The summed E-state index contributed by atoms with van der Waals surface area (Å²) in [5, 5.41) is 14.4. The monoisotopic (exact) mass is 405 g/mol. The topological polar surface area (TPSA) is 78.5 Å². The molecule has 1 amide bonds. The third-order valence-electron chi connectivity index (χ3n) is 5.79. The van der Waals surface area contributed by atoms with E-state index in [1.54, 1.807) is 18.2 Å². The molecule has 2 aliphatic rings. The molecular formula is C23H25N4O3+. The van der Waals surface area contributed by atoms with Crippen LogP contribution in [0, 0.1) is 24.0 Å². The molecule has 30 heavy (non-hydrogen) atoms. The summed E-state index contributed by atoms with van der Waals surface area (Å²) in [7, 11) is 0. The van der Waals surface area contributed by atoms with Gasteiger partial charge in [-0.05, 0) is 68.5 Å². The van der Waals surface area contributed by atoms with Gasteiger partial charge in [0, 0.05) is 24.8 Å². The van der Waals surface area contributed by atoms with Crippen molar-refractivity contribution in [2.75, 3.05) is 18.0 Å². The summed E-state index contributed by atoms with van der Waals surface area (Å²) in [6.45, 7) is 5.89. The smallest absolute Gasteiger partial charge is 0.346 e. The number of nitro groups is 1. The molecule has 154 valence electrons. The lowest BCUT2D eigenvalue weighted by molar-refractivity contribution is -0.395. The molecule has 7 nitrogen and oxygen atoms in total. The van der Waals surface area contributed by atoms with Crippen LogP contribution in [0.25, 0.3) is 0 Å². The Morgan fingerprint density at radius 3 is 2.47 bits per heavy atom. The molecule has 1 saturated heterocycles. The van der Waals surface area contributed by atoms with Gasteiger partial charge in [-0.25, -0.2) is 10.1 Å². The van der Waals surface area contributed by atoms with E-state index < -0.39 is 10.8 Å². The number of carbonyl (C=O) groups excluding carboxylic acids is 1. The summed E-state index contributed by atoms with van der Waals surface area (Å²) in [5.74, 6) is 0.120. The second kappa shape index (κ2) is 8.10. The Kier molecular flexibility index (Phi) is 5.35. The van der Waals surface area contributed by atoms with Crippen molar-refractivity contribution in [1.82, 2.24) is 5.32 Å². The average Bonchev–Trinajstić information content (AvgIpc) is 2.73. The van der Waals surface area contributed by atoms with E-state index in [-0.39, 0.29) is 11.3 Å². The number of rotatable bonds is 5. The number of hydrogen-bond donors (Lipinski definition) is 1. The fourth-order valence-electron chi connectivity index (χ4n) is 3.82. The first-order chi connectivity index (χ1) is 14.4. The number of amides is 1. The van der Waals surface area contributed by atoms with E-state index in [2.05, 4.69) is 10.2 Å². The molecule has 0 aliphatic carbocycles. The van der Waals surface area contributed by atoms with Gasteiger partial charge < -0.3 is 4.90 Å². The normalized spacial score (nSPS) is 15.7. The molecule has 0 saturated carbocycles. The summed E-state index contributed by atoms with van der Waals surface area (Å²) in [6.07, 6.45) is 7.01. The molecule has 0 radical (unpaired) electrons. The van der Waals surface area contributed by atoms with E-state index in [4.69, 9.17) is 0 Å². The van der Waals surface area contributed by atoms with Crippen LogP contribution < -0.4 is 10.2 Å². The van der Waals surface area contributed by atoms with Crippen molar-refractivity contribution in [1.29, 1.82) is 0 Å². The minimum Gasteiger partial charge on any atom is -0.372 e. The number of nitro benzene ring substituents is 1. The van der Waals surface area contributed by atoms with Crippen molar-refractivity contribution in [2.45, 2.75) is 33.1 Å². The molecule has 4 rings (SSSR count). The highest BCUT2D eigenvalue weighted by molar-refractivity contribution is 6.00. The number of benzene rings is 2. The first-order valence-electron chi connectivity index (χ1n) is 10.2. The highest BCUT2D eigenvalue weighted by Gasteiger charge is 2.30. The first-order valence-corrected chi connectivity index (χ1v) is 10.2. The number of carbonyl (C=O) groups is 1. The lowest BCUT2D eigenvalue weighted by Crippen LogP contribution is -2.33. The van der Waals surface area contributed by atoms with Crippen molar-refractivity contribution in [3.8, 4) is 0 Å². The summed E-state index contributed by atoms with van der Waals surface area (Å²) in [6, 6.07) is 10.9. The van der Waals surface area contributed by atoms with E-state index in [0.717, 1.165) is 42.9 Å². The van der Waals surface area contributed by atoms with Crippen LogP contribution in [0.15, 0.2) is 48.3 Å². The van der Waals surface area contributed by atoms with Gasteiger partial charge in [-0.2, -0.15) is 4.58 Å². The van der Waals surface area contributed by atoms with Crippen molar-refractivity contribution in [3.63, 3.8) is 0 Å². The van der Waals surface area contributed by atoms with Gasteiger partial charge in [-0.1, -0.05) is 6.07 Å². The van der Waals surface area contributed by atoms with Crippen LogP contribution in [0.2, 0.25) is 0 Å². The molecule has 1 N–H and O–H groups in total. The number of nitrogens with zero attached hydrogens (tertiary/aromatic N) is 3. The Morgan fingerprint density at radius 2 is 1.83 bits per heavy atom. The van der Waals surface area contributed by atoms with Gasteiger partial charge in [0.1, 0.15) is 17.5 Å². The lowest BCUT2D eigenvalue weighted by Gasteiger charge is -2.28. The third-order valence-corrected chi connectivity index (χ3v) is 5.79. The van der Waals surface area contributed by atoms with Gasteiger partial charge in [0.15, 0.2) is 0 Å². The molecule has 2 aromatic carbocycles. The highest BCUT2D eigenvalue weighted by Crippen LogP contribution is 2.28. The van der Waals surface area contributed by atoms with Gasteiger partial charge >= 0.3 is 5.91 Å². The fraction of sp³-hybridized carbons (Fsp3) is 0.304. The molecular weight excluding hydrogens is 380 g/mol. The quantitative estimate of drug-likeness (QED) is 0.459. The fourth-order valence-corrected chi connectivity index (χ4v) is 3.82. The van der Waals surface area contributed by atoms with Crippen molar-refractivity contribution in [2.24, 2.45) is 0 Å². The molecule has 7 heteroatoms. The van der Waals surface area contributed by atoms with E-state index in [9.17, 15) is 14.9 Å². The Hall–Kier alpha value is -3.48. The van der Waals surface area contributed by atoms with Gasteiger partial charge in [-0.3, -0.25) is 10.1 Å². The third kappa shape index (κ3) is 3.83. The van der Waals surface area contributed by atoms with E-state index in [1.165, 1.54) is 18.1 Å². The molecule has 0 spiro atoms. The zero-order valence-electron chi connectivity index (χ0n) is 17.2. The predicted octanol–water partition coefficient (Wildman–Crippen LogP) is 4.20. The van der Waals surface area contributed by atoms with Gasteiger partial charge in [0.25, 0.3) is 11.5 Å². The Morgan fingerprint density at radius 1 is 1.07 bits per heavy atom. The Balaban J connectivity index is 1.56. The summed E-state index contributed by atoms with van der Waals surface area (Å²) in [5.41, 5.74) is 4.03. The van der Waals surface area contributed by atoms with E-state index in [1.807, 2.05) is 42.8 Å². The van der Waals surface area contributed by atoms with Crippen molar-refractivity contribution < 1.29 is 14.3 Å². The number of nitrogens with one attached hydrogen (secondary N) is 1. The molecule has 0 unspecified atom stereocenters. The largest absolute Gasteiger partial charge is 0.372 e. The zero-order valence-corrected chi connectivity index (χ0v) is 17.2. The van der Waals surface area contributed by atoms with Crippen LogP contribution >= 0.6 is 0 Å². The van der Waals surface area contributed by atoms with Crippen molar-refractivity contribution in [3.05, 3.63) is 75.1 Å². The molecule has 2 heterocycles. The van der Waals surface area contributed by atoms with Crippen molar-refractivity contribution >= 4 is 29.2 Å². The molecule has 0 atom stereocenters. The standard InChI is InChI=1S/C23H24N4O3/c1-16-6-7-19(14-17(16)2)26-13-10-22(26)24-23(28)20-15-18(8-9-21(20)27(29)30)25-11-4-3-5-12-25/h6-10,13-15H,3-5,11-12H2,1-2H3/p+1. The Labute approximate surface area is 175 Å². The first kappa shape index (κ1) is 19.8. The van der Waals surface area contributed by atoms with Crippen LogP contribution in [0.3, 0.4) is 0 Å². The summed E-state index contributed by atoms with van der Waals surface area (Å²) >= 11 is 0. The predicted molar refractivity (Wildman–Crippen MR) is 117 cm³/mol. The number of anilines is 1. The lowest BCUT2D eigenvalue weighted by atomic mass is 10.1. The van der Waals surface area contributed by atoms with Gasteiger partial charge in [0.2, 0.25) is 0 Å². The summed E-state index contributed by atoms with van der Waals surface area (Å²) in [4.78, 5) is 26.2. The second-order valence-electron chi connectivity index (χ2n) is 7.80. The van der Waals surface area contributed by atoms with Crippen LogP contribution in [-0.2, 0) is 0 Å². The van der Waals surface area contributed by atoms with Gasteiger partial charge in [0.05, 0.1) is 11.0 Å². The SMILES string of the molecule is Cc1ccc([N+]2=CC=C2NC(=O)c2cc(N3CCCCC3)ccc2[N+](=O)[O-])cc1C. The zero-order chi connectivity index (χ0) is 21.3. The highest BCUT2D eigenvalue weighted by atomic mass is 16.6. The minimum absolute atomic E-state index is 0.0795. The van der Waals surface area contributed by atoms with E-state index >= 15 is 0 Å². The summed E-state index contributed by atoms with van der Waals surface area (Å²) < 4.78 is 1.87. The Bertz CT molecular complexity index is 1080. The number of allylic oxidation sites excluding steroid dienone is 1. The van der Waals surface area contributed by atoms with E-state index in [0.29, 0.717) is 5.82 Å². The van der Waals surface area contributed by atoms with Crippen LogP contribution in [-0.4, -0.2) is 34.7 Å². The maximum Gasteiger partial charge on any atom is 0.346 e. The van der Waals surface area contributed by atoms with Crippen LogP contribution in [0.1, 0.15) is 40.7 Å². The molecule has 1 fully saturated rings. The van der Waals surface area contributed by atoms with Crippen LogP contribution in [0.4, 0.5) is 17.1 Å². The maximum absolute atomic E-state index is 13.0. The second-order valence-corrected chi connectivity index (χ2v) is 7.80. The maximum atomic E-state index is 13.0. The number of piperidine rings is 1. The average molecular weight is 405 g/mol. The van der Waals surface area contributed by atoms with Gasteiger partial charge in [-0.15, -0.1) is 0 Å². The molecule has 0 bridgehead atoms. The minimum atomic E-state index is -0.503. The number of hydrogen-bond acceptors (Lipinski definition) is 4. The molecule has 0 aromatic heterocycles. The number of aryl methyl sites for hydroxylation is 2.